The summed E-state index contributed by atoms with van der Waals surface area (Å²) in [4.78, 5) is 0. The number of rotatable bonds is 3. The Kier molecular flexibility index (Phi) is 3.11. The molecule has 0 unspecified atom stereocenters. The molecule has 19 heavy (non-hydrogen) atoms. The van der Waals surface area contributed by atoms with E-state index >= 15 is 0 Å². The Labute approximate surface area is 117 Å². The standard InChI is InChI=1S/C14H16ClN3O/c1-18-14(16)11(8-17-18)9-5-6-13(12(15)7-9)19-10-3-2-4-10/h5-8,10H,2-4,16H2,1H3. The largest absolute Gasteiger partial charge is 0.489 e. The van der Waals surface area contributed by atoms with Crippen molar-refractivity contribution < 1.29 is 4.74 Å². The minimum absolute atomic E-state index is 0.326. The number of hydrogen-bond acceptors (Lipinski definition) is 3. The molecule has 2 N–H and O–H groups in total. The van der Waals surface area contributed by atoms with Gasteiger partial charge >= 0.3 is 0 Å². The Bertz CT molecular complexity index is 605. The van der Waals surface area contributed by atoms with Crippen molar-refractivity contribution in [3.8, 4) is 16.9 Å². The van der Waals surface area contributed by atoms with Crippen LogP contribution in [0.3, 0.4) is 0 Å². The van der Waals surface area contributed by atoms with E-state index in [-0.39, 0.29) is 0 Å². The van der Waals surface area contributed by atoms with E-state index in [0.717, 1.165) is 29.7 Å². The van der Waals surface area contributed by atoms with Crippen LogP contribution in [0.4, 0.5) is 5.82 Å². The minimum Gasteiger partial charge on any atom is -0.489 e. The molecule has 0 aliphatic heterocycles. The Hall–Kier alpha value is -1.68. The Balaban J connectivity index is 1.88. The highest BCUT2D eigenvalue weighted by atomic mass is 35.5. The van der Waals surface area contributed by atoms with Gasteiger partial charge in [-0.15, -0.1) is 0 Å². The van der Waals surface area contributed by atoms with Crippen LogP contribution in [0.5, 0.6) is 5.75 Å². The normalized spacial score (nSPS) is 15.3. The quantitative estimate of drug-likeness (QED) is 0.937. The zero-order chi connectivity index (χ0) is 13.4. The van der Waals surface area contributed by atoms with Crippen molar-refractivity contribution in [1.82, 2.24) is 9.78 Å². The summed E-state index contributed by atoms with van der Waals surface area (Å²) in [5.41, 5.74) is 7.80. The zero-order valence-corrected chi connectivity index (χ0v) is 11.5. The molecule has 0 atom stereocenters. The van der Waals surface area contributed by atoms with Gasteiger partial charge < -0.3 is 10.5 Å². The Morgan fingerprint density at radius 3 is 2.74 bits per heavy atom. The van der Waals surface area contributed by atoms with Crippen LogP contribution in [-0.2, 0) is 7.05 Å². The second kappa shape index (κ2) is 4.78. The topological polar surface area (TPSA) is 53.1 Å². The fourth-order valence-corrected chi connectivity index (χ4v) is 2.33. The third-order valence-corrected chi connectivity index (χ3v) is 3.87. The molecule has 2 aromatic rings. The van der Waals surface area contributed by atoms with E-state index in [0.29, 0.717) is 16.9 Å². The molecular formula is C14H16ClN3O. The number of halogens is 1. The highest BCUT2D eigenvalue weighted by Crippen LogP contribution is 2.35. The first-order valence-electron chi connectivity index (χ1n) is 6.39. The highest BCUT2D eigenvalue weighted by Gasteiger charge is 2.20. The van der Waals surface area contributed by atoms with Gasteiger partial charge in [-0.1, -0.05) is 17.7 Å². The lowest BCUT2D eigenvalue weighted by Gasteiger charge is -2.26. The van der Waals surface area contributed by atoms with Crippen LogP contribution in [0.1, 0.15) is 19.3 Å². The molecule has 1 saturated carbocycles. The summed E-state index contributed by atoms with van der Waals surface area (Å²) in [6.07, 6.45) is 5.55. The van der Waals surface area contributed by atoms with Gasteiger partial charge in [-0.2, -0.15) is 5.10 Å². The maximum absolute atomic E-state index is 6.27. The van der Waals surface area contributed by atoms with Crippen LogP contribution in [0.15, 0.2) is 24.4 Å². The van der Waals surface area contributed by atoms with Crippen molar-refractivity contribution in [2.75, 3.05) is 5.73 Å². The molecule has 1 aromatic carbocycles. The molecule has 3 rings (SSSR count). The van der Waals surface area contributed by atoms with Gasteiger partial charge in [0, 0.05) is 12.6 Å². The molecule has 0 bridgehead atoms. The minimum atomic E-state index is 0.326. The number of nitrogens with two attached hydrogens (primary N) is 1. The van der Waals surface area contributed by atoms with Gasteiger partial charge in [-0.25, -0.2) is 0 Å². The number of anilines is 1. The van der Waals surface area contributed by atoms with Crippen molar-refractivity contribution >= 4 is 17.4 Å². The molecule has 0 radical (unpaired) electrons. The summed E-state index contributed by atoms with van der Waals surface area (Å²) in [6, 6.07) is 5.75. The molecule has 4 nitrogen and oxygen atoms in total. The molecule has 0 amide bonds. The van der Waals surface area contributed by atoms with Crippen molar-refractivity contribution in [3.63, 3.8) is 0 Å². The van der Waals surface area contributed by atoms with Crippen LogP contribution in [0.25, 0.3) is 11.1 Å². The average Bonchev–Trinajstić information content (AvgIpc) is 2.66. The van der Waals surface area contributed by atoms with Crippen LogP contribution < -0.4 is 10.5 Å². The first kappa shape index (κ1) is 12.4. The van der Waals surface area contributed by atoms with E-state index in [1.54, 1.807) is 10.9 Å². The number of aryl methyl sites for hydroxylation is 1. The van der Waals surface area contributed by atoms with Crippen molar-refractivity contribution in [3.05, 3.63) is 29.4 Å². The van der Waals surface area contributed by atoms with Gasteiger partial charge in [0.1, 0.15) is 11.6 Å². The third-order valence-electron chi connectivity index (χ3n) is 3.57. The van der Waals surface area contributed by atoms with Crippen LogP contribution in [0, 0.1) is 0 Å². The van der Waals surface area contributed by atoms with Crippen molar-refractivity contribution in [2.45, 2.75) is 25.4 Å². The summed E-state index contributed by atoms with van der Waals surface area (Å²) < 4.78 is 7.46. The number of ether oxygens (including phenoxy) is 1. The van der Waals surface area contributed by atoms with Crippen LogP contribution >= 0.6 is 11.6 Å². The third kappa shape index (κ3) is 2.28. The average molecular weight is 278 g/mol. The molecule has 1 aliphatic rings. The molecule has 5 heteroatoms. The van der Waals surface area contributed by atoms with E-state index in [1.165, 1.54) is 6.42 Å². The second-order valence-electron chi connectivity index (χ2n) is 4.88. The number of nitrogen functional groups attached to an aromatic ring is 1. The van der Waals surface area contributed by atoms with Gasteiger partial charge in [0.05, 0.1) is 17.3 Å². The first-order valence-corrected chi connectivity index (χ1v) is 6.77. The van der Waals surface area contributed by atoms with E-state index < -0.39 is 0 Å². The summed E-state index contributed by atoms with van der Waals surface area (Å²) in [6.45, 7) is 0. The van der Waals surface area contributed by atoms with Crippen molar-refractivity contribution in [2.24, 2.45) is 7.05 Å². The van der Waals surface area contributed by atoms with Gasteiger partial charge in [0.25, 0.3) is 0 Å². The Morgan fingerprint density at radius 2 is 2.21 bits per heavy atom. The molecule has 1 aliphatic carbocycles. The van der Waals surface area contributed by atoms with Crippen LogP contribution in [-0.4, -0.2) is 15.9 Å². The number of benzene rings is 1. The van der Waals surface area contributed by atoms with E-state index in [9.17, 15) is 0 Å². The van der Waals surface area contributed by atoms with Gasteiger partial charge in [0.2, 0.25) is 0 Å². The monoisotopic (exact) mass is 277 g/mol. The smallest absolute Gasteiger partial charge is 0.138 e. The molecule has 0 spiro atoms. The number of nitrogens with zero attached hydrogens (tertiary/aromatic N) is 2. The van der Waals surface area contributed by atoms with Gasteiger partial charge in [0.15, 0.2) is 0 Å². The predicted molar refractivity (Wildman–Crippen MR) is 76.3 cm³/mol. The summed E-state index contributed by atoms with van der Waals surface area (Å²) in [5, 5.41) is 4.75. The van der Waals surface area contributed by atoms with Crippen LogP contribution in [0.2, 0.25) is 5.02 Å². The highest BCUT2D eigenvalue weighted by molar-refractivity contribution is 6.32. The summed E-state index contributed by atoms with van der Waals surface area (Å²) in [7, 11) is 1.81. The van der Waals surface area contributed by atoms with Gasteiger partial charge in [-0.05, 0) is 37.0 Å². The number of hydrogen-bond donors (Lipinski definition) is 1. The lowest BCUT2D eigenvalue weighted by atomic mass is 9.96. The molecule has 1 heterocycles. The maximum atomic E-state index is 6.27. The van der Waals surface area contributed by atoms with Gasteiger partial charge in [-0.3, -0.25) is 4.68 Å². The van der Waals surface area contributed by atoms with E-state index in [4.69, 9.17) is 22.1 Å². The molecule has 1 fully saturated rings. The summed E-state index contributed by atoms with van der Waals surface area (Å²) >= 11 is 6.27. The first-order chi connectivity index (χ1) is 9.15. The van der Waals surface area contributed by atoms with E-state index in [1.807, 2.05) is 25.2 Å². The molecule has 100 valence electrons. The fraction of sp³-hybridized carbons (Fsp3) is 0.357. The maximum Gasteiger partial charge on any atom is 0.138 e. The fourth-order valence-electron chi connectivity index (χ4n) is 2.10. The SMILES string of the molecule is Cn1ncc(-c2ccc(OC3CCC3)c(Cl)c2)c1N. The number of aromatic nitrogens is 2. The van der Waals surface area contributed by atoms with Crippen molar-refractivity contribution in [1.29, 1.82) is 0 Å². The summed E-state index contributed by atoms with van der Waals surface area (Å²) in [5.74, 6) is 1.38. The lowest BCUT2D eigenvalue weighted by molar-refractivity contribution is 0.120. The lowest BCUT2D eigenvalue weighted by Crippen LogP contribution is -2.24. The zero-order valence-electron chi connectivity index (χ0n) is 10.8. The second-order valence-corrected chi connectivity index (χ2v) is 5.29. The Morgan fingerprint density at radius 1 is 1.42 bits per heavy atom. The molecule has 0 saturated heterocycles. The predicted octanol–water partition coefficient (Wildman–Crippen LogP) is 3.25. The molecule has 1 aromatic heterocycles. The molecular weight excluding hydrogens is 262 g/mol. The van der Waals surface area contributed by atoms with E-state index in [2.05, 4.69) is 5.10 Å².